The molecule has 4 rings (SSSR count). The van der Waals surface area contributed by atoms with Crippen LogP contribution < -0.4 is 10.6 Å². The van der Waals surface area contributed by atoms with Crippen LogP contribution in [0, 0.1) is 5.92 Å². The van der Waals surface area contributed by atoms with Crippen molar-refractivity contribution in [2.24, 2.45) is 11.7 Å². The molecule has 0 aliphatic carbocycles. The summed E-state index contributed by atoms with van der Waals surface area (Å²) in [6.07, 6.45) is 1.69. The van der Waals surface area contributed by atoms with Gasteiger partial charge in [0.15, 0.2) is 5.82 Å². The molecule has 1 fully saturated rings. The minimum absolute atomic E-state index is 0.141. The average molecular weight is 348 g/mol. The highest BCUT2D eigenvalue weighted by Crippen LogP contribution is 2.33. The number of anilines is 1. The van der Waals surface area contributed by atoms with Crippen LogP contribution in [0.3, 0.4) is 0 Å². The second kappa shape index (κ2) is 6.63. The van der Waals surface area contributed by atoms with Gasteiger partial charge in [0.25, 0.3) is 0 Å². The number of hydrogen-bond donors (Lipinski definition) is 2. The number of aromatic hydroxyl groups is 1. The summed E-state index contributed by atoms with van der Waals surface area (Å²) in [7, 11) is 0. The number of aromatic nitrogens is 2. The fraction of sp³-hybridized carbons (Fsp3) is 0.250. The van der Waals surface area contributed by atoms with Crippen LogP contribution in [-0.4, -0.2) is 34.1 Å². The first-order chi connectivity index (χ1) is 12.6. The molecule has 2 heterocycles. The van der Waals surface area contributed by atoms with Crippen LogP contribution >= 0.6 is 0 Å². The molecule has 1 aliphatic rings. The van der Waals surface area contributed by atoms with Crippen molar-refractivity contribution >= 4 is 22.6 Å². The van der Waals surface area contributed by atoms with E-state index in [-0.39, 0.29) is 17.6 Å². The number of benzene rings is 2. The fourth-order valence-corrected chi connectivity index (χ4v) is 3.49. The highest BCUT2D eigenvalue weighted by atomic mass is 16.3. The van der Waals surface area contributed by atoms with Gasteiger partial charge in [0, 0.05) is 18.5 Å². The number of amides is 1. The normalized spacial score (nSPS) is 17.4. The number of piperidine rings is 1. The smallest absolute Gasteiger partial charge is 0.222 e. The van der Waals surface area contributed by atoms with Crippen LogP contribution in [0.2, 0.25) is 0 Å². The van der Waals surface area contributed by atoms with E-state index < -0.39 is 0 Å². The summed E-state index contributed by atoms with van der Waals surface area (Å²) in [5.41, 5.74) is 6.92. The molecule has 3 aromatic rings. The average Bonchev–Trinajstić information content (AvgIpc) is 2.67. The molecule has 3 N–H and O–H groups in total. The van der Waals surface area contributed by atoms with Gasteiger partial charge >= 0.3 is 0 Å². The molecule has 1 atom stereocenters. The minimum Gasteiger partial charge on any atom is -0.507 e. The van der Waals surface area contributed by atoms with Crippen LogP contribution in [0.25, 0.3) is 22.3 Å². The first-order valence-electron chi connectivity index (χ1n) is 8.73. The van der Waals surface area contributed by atoms with Crippen molar-refractivity contribution in [3.05, 3.63) is 48.5 Å². The number of para-hydroxylation sites is 2. The number of carbonyl (C=O) groups excluding carboxylic acids is 1. The maximum atomic E-state index is 11.7. The van der Waals surface area contributed by atoms with E-state index >= 15 is 0 Å². The summed E-state index contributed by atoms with van der Waals surface area (Å²) in [5, 5.41) is 11.1. The second-order valence-electron chi connectivity index (χ2n) is 6.59. The van der Waals surface area contributed by atoms with Crippen LogP contribution in [-0.2, 0) is 4.79 Å². The van der Waals surface area contributed by atoms with Gasteiger partial charge in [0.2, 0.25) is 5.91 Å². The van der Waals surface area contributed by atoms with E-state index in [0.717, 1.165) is 36.1 Å². The van der Waals surface area contributed by atoms with Gasteiger partial charge in [-0.05, 0) is 37.1 Å². The third-order valence-electron chi connectivity index (χ3n) is 4.85. The fourth-order valence-electron chi connectivity index (χ4n) is 3.49. The van der Waals surface area contributed by atoms with Crippen LogP contribution in [0.15, 0.2) is 48.5 Å². The number of rotatable bonds is 3. The molecule has 0 bridgehead atoms. The van der Waals surface area contributed by atoms with Gasteiger partial charge in [-0.25, -0.2) is 9.97 Å². The summed E-state index contributed by atoms with van der Waals surface area (Å²) in [6, 6.07) is 14.8. The zero-order valence-electron chi connectivity index (χ0n) is 14.3. The second-order valence-corrected chi connectivity index (χ2v) is 6.59. The van der Waals surface area contributed by atoms with Gasteiger partial charge in [-0.3, -0.25) is 4.79 Å². The third kappa shape index (κ3) is 2.94. The van der Waals surface area contributed by atoms with Gasteiger partial charge in [0.1, 0.15) is 11.6 Å². The number of carbonyl (C=O) groups is 1. The topological polar surface area (TPSA) is 92.3 Å². The van der Waals surface area contributed by atoms with Crippen molar-refractivity contribution < 1.29 is 9.90 Å². The third-order valence-corrected chi connectivity index (χ3v) is 4.85. The molecule has 0 radical (unpaired) electrons. The van der Waals surface area contributed by atoms with Gasteiger partial charge in [-0.1, -0.05) is 24.3 Å². The zero-order valence-corrected chi connectivity index (χ0v) is 14.3. The Hall–Kier alpha value is -3.15. The highest BCUT2D eigenvalue weighted by Gasteiger charge is 2.26. The summed E-state index contributed by atoms with van der Waals surface area (Å²) in [5.74, 6) is 0.945. The summed E-state index contributed by atoms with van der Waals surface area (Å²) < 4.78 is 0. The van der Waals surface area contributed by atoms with Crippen molar-refractivity contribution in [3.8, 4) is 17.1 Å². The predicted octanol–water partition coefficient (Wildman–Crippen LogP) is 2.70. The first kappa shape index (κ1) is 16.3. The molecule has 132 valence electrons. The Kier molecular flexibility index (Phi) is 4.16. The van der Waals surface area contributed by atoms with Gasteiger partial charge in [-0.2, -0.15) is 0 Å². The van der Waals surface area contributed by atoms with E-state index in [4.69, 9.17) is 10.7 Å². The lowest BCUT2D eigenvalue weighted by atomic mass is 9.97. The Balaban J connectivity index is 1.85. The van der Waals surface area contributed by atoms with Crippen molar-refractivity contribution in [2.45, 2.75) is 12.8 Å². The Morgan fingerprint density at radius 2 is 1.88 bits per heavy atom. The van der Waals surface area contributed by atoms with Crippen molar-refractivity contribution in [1.82, 2.24) is 9.97 Å². The molecule has 26 heavy (non-hydrogen) atoms. The van der Waals surface area contributed by atoms with Crippen LogP contribution in [0.1, 0.15) is 12.8 Å². The summed E-state index contributed by atoms with van der Waals surface area (Å²) in [4.78, 5) is 23.1. The molecule has 1 aliphatic heterocycles. The number of primary amides is 1. The molecule has 6 heteroatoms. The Morgan fingerprint density at radius 1 is 1.12 bits per heavy atom. The number of fused-ring (bicyclic) bond motifs is 1. The predicted molar refractivity (Wildman–Crippen MR) is 101 cm³/mol. The maximum absolute atomic E-state index is 11.7. The largest absolute Gasteiger partial charge is 0.507 e. The van der Waals surface area contributed by atoms with Crippen molar-refractivity contribution in [2.75, 3.05) is 18.0 Å². The molecule has 2 aromatic carbocycles. The standard InChI is InChI=1S/C20H20N4O2/c21-18(26)13-6-5-11-24(12-13)20-14-7-1-3-9-16(14)22-19(23-20)15-8-2-4-10-17(15)25/h1-4,7-10,13,25H,5-6,11-12H2,(H2,21,26). The van der Waals surface area contributed by atoms with E-state index in [0.29, 0.717) is 17.9 Å². The van der Waals surface area contributed by atoms with Gasteiger partial charge in [-0.15, -0.1) is 0 Å². The lowest BCUT2D eigenvalue weighted by Gasteiger charge is -2.32. The van der Waals surface area contributed by atoms with E-state index in [1.165, 1.54) is 0 Å². The Labute approximate surface area is 151 Å². The van der Waals surface area contributed by atoms with Crippen molar-refractivity contribution in [1.29, 1.82) is 0 Å². The number of nitrogens with zero attached hydrogens (tertiary/aromatic N) is 3. The molecule has 0 spiro atoms. The summed E-state index contributed by atoms with van der Waals surface area (Å²) >= 11 is 0. The molecule has 6 nitrogen and oxygen atoms in total. The maximum Gasteiger partial charge on any atom is 0.222 e. The summed E-state index contributed by atoms with van der Waals surface area (Å²) in [6.45, 7) is 1.36. The van der Waals surface area contributed by atoms with Crippen molar-refractivity contribution in [3.63, 3.8) is 0 Å². The number of hydrogen-bond acceptors (Lipinski definition) is 5. The number of nitrogens with two attached hydrogens (primary N) is 1. The molecular formula is C20H20N4O2. The molecule has 0 saturated carbocycles. The molecule has 1 aromatic heterocycles. The number of phenolic OH excluding ortho intramolecular Hbond substituents is 1. The van der Waals surface area contributed by atoms with E-state index in [2.05, 4.69) is 9.88 Å². The zero-order chi connectivity index (χ0) is 18.1. The van der Waals surface area contributed by atoms with Crippen LogP contribution in [0.4, 0.5) is 5.82 Å². The molecule has 1 unspecified atom stereocenters. The van der Waals surface area contributed by atoms with E-state index in [1.807, 2.05) is 30.3 Å². The molecule has 1 amide bonds. The number of phenols is 1. The van der Waals surface area contributed by atoms with Gasteiger partial charge < -0.3 is 15.7 Å². The Morgan fingerprint density at radius 3 is 2.69 bits per heavy atom. The quantitative estimate of drug-likeness (QED) is 0.759. The van der Waals surface area contributed by atoms with Crippen LogP contribution in [0.5, 0.6) is 5.75 Å². The minimum atomic E-state index is -0.269. The SMILES string of the molecule is NC(=O)C1CCCN(c2nc(-c3ccccc3O)nc3ccccc23)C1. The molecular weight excluding hydrogens is 328 g/mol. The van der Waals surface area contributed by atoms with E-state index in [1.54, 1.807) is 18.2 Å². The lowest BCUT2D eigenvalue weighted by Crippen LogP contribution is -2.41. The highest BCUT2D eigenvalue weighted by molar-refractivity contribution is 5.91. The molecule has 1 saturated heterocycles. The van der Waals surface area contributed by atoms with Gasteiger partial charge in [0.05, 0.1) is 17.0 Å². The lowest BCUT2D eigenvalue weighted by molar-refractivity contribution is -0.122. The Bertz CT molecular complexity index is 973. The van der Waals surface area contributed by atoms with E-state index in [9.17, 15) is 9.90 Å². The monoisotopic (exact) mass is 348 g/mol. The first-order valence-corrected chi connectivity index (χ1v) is 8.73.